The van der Waals surface area contributed by atoms with Crippen LogP contribution in [0.4, 0.5) is 14.5 Å². The Kier molecular flexibility index (Phi) is 4.60. The molecule has 2 aromatic rings. The molecule has 1 spiro atoms. The Morgan fingerprint density at radius 3 is 2.50 bits per heavy atom. The van der Waals surface area contributed by atoms with Crippen LogP contribution in [-0.4, -0.2) is 37.1 Å². The molecule has 0 bridgehead atoms. The van der Waals surface area contributed by atoms with Crippen molar-refractivity contribution in [3.05, 3.63) is 65.2 Å². The maximum absolute atomic E-state index is 14.3. The van der Waals surface area contributed by atoms with Crippen molar-refractivity contribution in [3.8, 4) is 0 Å². The number of anilines is 1. The van der Waals surface area contributed by atoms with E-state index in [-0.39, 0.29) is 17.2 Å². The van der Waals surface area contributed by atoms with Gasteiger partial charge in [0.1, 0.15) is 17.2 Å². The van der Waals surface area contributed by atoms with Crippen molar-refractivity contribution in [2.24, 2.45) is 0 Å². The van der Waals surface area contributed by atoms with Gasteiger partial charge in [-0.05, 0) is 48.7 Å². The maximum Gasteiger partial charge on any atom is 0.129 e. The number of rotatable bonds is 2. The molecule has 0 radical (unpaired) electrons. The Balaban J connectivity index is 1.36. The van der Waals surface area contributed by atoms with E-state index in [1.54, 1.807) is 6.07 Å². The number of benzene rings is 2. The largest absolute Gasteiger partial charge is 0.369 e. The first kappa shape index (κ1) is 18.1. The molecule has 2 aliphatic heterocycles. The molecule has 0 unspecified atom stereocenters. The third-order valence-electron chi connectivity index (χ3n) is 6.81. The number of fused-ring (bicyclic) bond motifs is 2. The fourth-order valence-electron chi connectivity index (χ4n) is 5.41. The Morgan fingerprint density at radius 1 is 0.929 bits per heavy atom. The summed E-state index contributed by atoms with van der Waals surface area (Å²) in [6.45, 7) is 4.09. The third kappa shape index (κ3) is 2.92. The van der Waals surface area contributed by atoms with Crippen LogP contribution in [0.25, 0.3) is 0 Å². The molecule has 28 heavy (non-hydrogen) atoms. The minimum Gasteiger partial charge on any atom is -0.369 e. The Bertz CT molecular complexity index is 848. The van der Waals surface area contributed by atoms with Gasteiger partial charge >= 0.3 is 0 Å². The fourth-order valence-corrected chi connectivity index (χ4v) is 5.41. The molecular weight excluding hydrogens is 358 g/mol. The van der Waals surface area contributed by atoms with E-state index in [1.807, 2.05) is 18.2 Å². The lowest BCUT2D eigenvalue weighted by Crippen LogP contribution is -2.58. The number of hydrogen-bond acceptors (Lipinski definition) is 3. The van der Waals surface area contributed by atoms with Crippen molar-refractivity contribution in [2.75, 3.05) is 31.1 Å². The average Bonchev–Trinajstić information content (AvgIpc) is 3.09. The summed E-state index contributed by atoms with van der Waals surface area (Å²) in [7, 11) is 0. The lowest BCUT2D eigenvalue weighted by molar-refractivity contribution is -0.121. The van der Waals surface area contributed by atoms with Gasteiger partial charge < -0.3 is 9.64 Å². The van der Waals surface area contributed by atoms with Crippen molar-refractivity contribution in [3.63, 3.8) is 0 Å². The smallest absolute Gasteiger partial charge is 0.129 e. The summed E-state index contributed by atoms with van der Waals surface area (Å²) < 4.78 is 33.9. The standard InChI is InChI=1S/C23H26F2N2O/c24-17-7-9-18(10-8-17)26-12-14-27(15-13-26)22-6-1-2-11-23(22)20-4-3-5-21(25)19(20)16-28-23/h3-5,7-10,22H,1-2,6,11-16H2/t22-,23+/m1/s1. The second-order valence-corrected chi connectivity index (χ2v) is 8.21. The first-order valence-corrected chi connectivity index (χ1v) is 10.3. The summed E-state index contributed by atoms with van der Waals surface area (Å²) >= 11 is 0. The topological polar surface area (TPSA) is 15.7 Å². The van der Waals surface area contributed by atoms with Crippen LogP contribution < -0.4 is 4.90 Å². The van der Waals surface area contributed by atoms with E-state index in [0.29, 0.717) is 12.6 Å². The average molecular weight is 384 g/mol. The number of nitrogens with zero attached hydrogens (tertiary/aromatic N) is 2. The second kappa shape index (κ2) is 7.12. The third-order valence-corrected chi connectivity index (χ3v) is 6.81. The SMILES string of the molecule is Fc1ccc(N2CCN([C@@H]3CCCC[C@@]34OCc3c(F)cccc34)CC2)cc1. The fraction of sp³-hybridized carbons (Fsp3) is 0.478. The first-order chi connectivity index (χ1) is 13.7. The van der Waals surface area contributed by atoms with Gasteiger partial charge in [-0.2, -0.15) is 0 Å². The van der Waals surface area contributed by atoms with Crippen molar-refractivity contribution in [1.29, 1.82) is 0 Å². The first-order valence-electron chi connectivity index (χ1n) is 10.3. The molecule has 148 valence electrons. The van der Waals surface area contributed by atoms with Crippen LogP contribution in [0.5, 0.6) is 0 Å². The van der Waals surface area contributed by atoms with Crippen molar-refractivity contribution >= 4 is 5.69 Å². The summed E-state index contributed by atoms with van der Waals surface area (Å²) in [5, 5.41) is 0. The molecule has 2 atom stereocenters. The van der Waals surface area contributed by atoms with Crippen LogP contribution in [-0.2, 0) is 16.9 Å². The van der Waals surface area contributed by atoms with Crippen LogP contribution >= 0.6 is 0 Å². The number of ether oxygens (including phenoxy) is 1. The predicted molar refractivity (Wildman–Crippen MR) is 105 cm³/mol. The highest BCUT2D eigenvalue weighted by atomic mass is 19.1. The van der Waals surface area contributed by atoms with Gasteiger partial charge in [0.2, 0.25) is 0 Å². The summed E-state index contributed by atoms with van der Waals surface area (Å²) in [5.74, 6) is -0.337. The molecule has 3 aliphatic rings. The lowest BCUT2D eigenvalue weighted by atomic mass is 9.74. The highest BCUT2D eigenvalue weighted by Crippen LogP contribution is 2.49. The molecule has 1 saturated carbocycles. The van der Waals surface area contributed by atoms with Crippen molar-refractivity contribution in [1.82, 2.24) is 4.90 Å². The van der Waals surface area contributed by atoms with Crippen LogP contribution in [0.1, 0.15) is 36.8 Å². The van der Waals surface area contributed by atoms with Gasteiger partial charge in [-0.15, -0.1) is 0 Å². The molecule has 5 rings (SSSR count). The Hall–Kier alpha value is -1.98. The molecule has 0 aromatic heterocycles. The van der Waals surface area contributed by atoms with E-state index in [0.717, 1.165) is 62.3 Å². The van der Waals surface area contributed by atoms with E-state index in [4.69, 9.17) is 4.74 Å². The zero-order valence-corrected chi connectivity index (χ0v) is 16.0. The second-order valence-electron chi connectivity index (χ2n) is 8.21. The minimum atomic E-state index is -0.367. The van der Waals surface area contributed by atoms with E-state index in [1.165, 1.54) is 18.6 Å². The summed E-state index contributed by atoms with van der Waals surface area (Å²) in [6.07, 6.45) is 4.37. The molecular formula is C23H26F2N2O. The van der Waals surface area contributed by atoms with Gasteiger partial charge in [-0.1, -0.05) is 25.0 Å². The van der Waals surface area contributed by atoms with Gasteiger partial charge in [0.05, 0.1) is 6.61 Å². The number of piperazine rings is 1. The maximum atomic E-state index is 14.3. The molecule has 1 saturated heterocycles. The molecule has 0 amide bonds. The van der Waals surface area contributed by atoms with Crippen molar-refractivity contribution in [2.45, 2.75) is 43.9 Å². The van der Waals surface area contributed by atoms with Gasteiger partial charge in [0, 0.05) is 43.5 Å². The van der Waals surface area contributed by atoms with Crippen LogP contribution in [0.3, 0.4) is 0 Å². The normalized spacial score (nSPS) is 27.9. The molecule has 5 heteroatoms. The number of hydrogen-bond donors (Lipinski definition) is 0. The Morgan fingerprint density at radius 2 is 1.71 bits per heavy atom. The molecule has 2 fully saturated rings. The zero-order chi connectivity index (χ0) is 19.1. The number of halogens is 2. The quantitative estimate of drug-likeness (QED) is 0.761. The van der Waals surface area contributed by atoms with E-state index < -0.39 is 0 Å². The van der Waals surface area contributed by atoms with Crippen molar-refractivity contribution < 1.29 is 13.5 Å². The molecule has 1 aliphatic carbocycles. The lowest BCUT2D eigenvalue weighted by Gasteiger charge is -2.49. The van der Waals surface area contributed by atoms with Gasteiger partial charge in [-0.3, -0.25) is 4.90 Å². The minimum absolute atomic E-state index is 0.139. The molecule has 2 aromatic carbocycles. The van der Waals surface area contributed by atoms with Crippen LogP contribution in [0, 0.1) is 11.6 Å². The highest BCUT2D eigenvalue weighted by Gasteiger charge is 2.50. The van der Waals surface area contributed by atoms with Gasteiger partial charge in [0.25, 0.3) is 0 Å². The van der Waals surface area contributed by atoms with E-state index in [2.05, 4.69) is 15.9 Å². The summed E-state index contributed by atoms with van der Waals surface area (Å²) in [6, 6.07) is 12.5. The molecule has 0 N–H and O–H groups in total. The predicted octanol–water partition coefficient (Wildman–Crippen LogP) is 4.46. The molecule has 2 heterocycles. The molecule has 3 nitrogen and oxygen atoms in total. The summed E-state index contributed by atoms with van der Waals surface area (Å²) in [5.41, 5.74) is 2.52. The van der Waals surface area contributed by atoms with Gasteiger partial charge in [-0.25, -0.2) is 8.78 Å². The Labute approximate surface area is 164 Å². The van der Waals surface area contributed by atoms with Crippen LogP contribution in [0.2, 0.25) is 0 Å². The highest BCUT2D eigenvalue weighted by molar-refractivity contribution is 5.47. The monoisotopic (exact) mass is 384 g/mol. The van der Waals surface area contributed by atoms with E-state index in [9.17, 15) is 8.78 Å². The van der Waals surface area contributed by atoms with Crippen LogP contribution in [0.15, 0.2) is 42.5 Å². The zero-order valence-electron chi connectivity index (χ0n) is 16.0. The summed E-state index contributed by atoms with van der Waals surface area (Å²) in [4.78, 5) is 4.85. The van der Waals surface area contributed by atoms with Gasteiger partial charge in [0.15, 0.2) is 0 Å². The van der Waals surface area contributed by atoms with E-state index >= 15 is 0 Å².